The Hall–Kier alpha value is -1.32. The molecular weight excluding hydrogens is 164 g/mol. The number of benzene rings is 1. The highest BCUT2D eigenvalue weighted by Crippen LogP contribution is 2.11. The number of nitrogens with one attached hydrogen (secondary N) is 2. The quantitative estimate of drug-likeness (QED) is 0.693. The lowest BCUT2D eigenvalue weighted by Gasteiger charge is -2.04. The van der Waals surface area contributed by atoms with Crippen LogP contribution >= 0.6 is 0 Å². The zero-order chi connectivity index (χ0) is 9.52. The van der Waals surface area contributed by atoms with Gasteiger partial charge >= 0.3 is 0 Å². The van der Waals surface area contributed by atoms with Crippen molar-refractivity contribution < 1.29 is 4.94 Å². The molecule has 1 aromatic rings. The lowest BCUT2D eigenvalue weighted by Crippen LogP contribution is -2.12. The van der Waals surface area contributed by atoms with Gasteiger partial charge in [0, 0.05) is 7.05 Å². The molecule has 1 aromatic carbocycles. The van der Waals surface area contributed by atoms with Gasteiger partial charge in [-0.3, -0.25) is 0 Å². The van der Waals surface area contributed by atoms with E-state index in [0.29, 0.717) is 0 Å². The Labute approximate surface area is 78.3 Å². The van der Waals surface area contributed by atoms with Crippen LogP contribution in [0.4, 0.5) is 5.69 Å². The molecule has 0 atom stereocenters. The summed E-state index contributed by atoms with van der Waals surface area (Å²) in [5.74, 6) is 0. The molecule has 3 nitrogen and oxygen atoms in total. The normalized spacial score (nSPS) is 10.6. The van der Waals surface area contributed by atoms with Crippen LogP contribution in [-0.2, 0) is 4.94 Å². The van der Waals surface area contributed by atoms with E-state index in [2.05, 4.69) is 11.0 Å². The van der Waals surface area contributed by atoms with Gasteiger partial charge in [0.2, 0.25) is 0 Å². The molecule has 3 heteroatoms. The fraction of sp³-hybridized carbons (Fsp3) is 0.200. The lowest BCUT2D eigenvalue weighted by molar-refractivity contribution is 0.109. The zero-order valence-electron chi connectivity index (χ0n) is 7.87. The molecule has 0 aromatic heterocycles. The standard InChI is InChI=1S/C10H14N2O/c1-3-5-9-6-4-7-10(8-9)12-13-11-2/h3-8,11-12H,1-2H3. The monoisotopic (exact) mass is 178 g/mol. The predicted octanol–water partition coefficient (Wildman–Crippen LogP) is 2.20. The Morgan fingerprint density at radius 3 is 2.92 bits per heavy atom. The van der Waals surface area contributed by atoms with Crippen molar-refractivity contribution in [2.24, 2.45) is 0 Å². The fourth-order valence-electron chi connectivity index (χ4n) is 1.01. The first-order chi connectivity index (χ1) is 6.36. The molecule has 0 spiro atoms. The van der Waals surface area contributed by atoms with Crippen LogP contribution in [0.5, 0.6) is 0 Å². The van der Waals surface area contributed by atoms with Crippen LogP contribution in [0.3, 0.4) is 0 Å². The first kappa shape index (κ1) is 9.77. The van der Waals surface area contributed by atoms with Gasteiger partial charge in [0.15, 0.2) is 0 Å². The van der Waals surface area contributed by atoms with Crippen molar-refractivity contribution in [3.63, 3.8) is 0 Å². The van der Waals surface area contributed by atoms with E-state index < -0.39 is 0 Å². The summed E-state index contributed by atoms with van der Waals surface area (Å²) in [4.78, 5) is 4.83. The highest BCUT2D eigenvalue weighted by atomic mass is 16.8. The molecule has 0 saturated carbocycles. The van der Waals surface area contributed by atoms with E-state index in [1.165, 1.54) is 0 Å². The Kier molecular flexibility index (Phi) is 4.02. The molecule has 0 saturated heterocycles. The van der Waals surface area contributed by atoms with Gasteiger partial charge in [-0.2, -0.15) is 10.4 Å². The highest BCUT2D eigenvalue weighted by molar-refractivity contribution is 5.56. The second kappa shape index (κ2) is 5.35. The van der Waals surface area contributed by atoms with Gasteiger partial charge in [-0.1, -0.05) is 24.3 Å². The minimum absolute atomic E-state index is 0.921. The Bertz CT molecular complexity index is 284. The number of hydrogen-bond acceptors (Lipinski definition) is 3. The van der Waals surface area contributed by atoms with Gasteiger partial charge in [0.25, 0.3) is 0 Å². The number of hydroxylamine groups is 1. The SMILES string of the molecule is CC=Cc1cccc(NONC)c1. The molecule has 0 heterocycles. The summed E-state index contributed by atoms with van der Waals surface area (Å²) in [5.41, 5.74) is 7.35. The minimum Gasteiger partial charge on any atom is -0.248 e. The van der Waals surface area contributed by atoms with E-state index in [1.54, 1.807) is 7.05 Å². The van der Waals surface area contributed by atoms with Crippen molar-refractivity contribution in [2.45, 2.75) is 6.92 Å². The van der Waals surface area contributed by atoms with Crippen molar-refractivity contribution >= 4 is 11.8 Å². The molecule has 0 fully saturated rings. The zero-order valence-corrected chi connectivity index (χ0v) is 7.87. The molecule has 0 aliphatic rings. The molecular formula is C10H14N2O. The van der Waals surface area contributed by atoms with E-state index in [1.807, 2.05) is 43.3 Å². The Morgan fingerprint density at radius 2 is 2.23 bits per heavy atom. The van der Waals surface area contributed by atoms with Crippen LogP contribution < -0.4 is 11.0 Å². The summed E-state index contributed by atoms with van der Waals surface area (Å²) < 4.78 is 0. The molecule has 1 rings (SSSR count). The third-order valence-corrected chi connectivity index (χ3v) is 1.52. The van der Waals surface area contributed by atoms with Gasteiger partial charge in [0.1, 0.15) is 0 Å². The molecule has 0 unspecified atom stereocenters. The smallest absolute Gasteiger partial charge is 0.0629 e. The molecule has 0 aliphatic heterocycles. The molecule has 0 bridgehead atoms. The maximum absolute atomic E-state index is 4.83. The van der Waals surface area contributed by atoms with Crippen LogP contribution in [0.15, 0.2) is 30.3 Å². The van der Waals surface area contributed by atoms with Crippen molar-refractivity contribution in [1.29, 1.82) is 0 Å². The van der Waals surface area contributed by atoms with Gasteiger partial charge < -0.3 is 0 Å². The molecule has 70 valence electrons. The Balaban J connectivity index is 2.67. The average Bonchev–Trinajstić information content (AvgIpc) is 2.16. The number of anilines is 1. The van der Waals surface area contributed by atoms with Crippen molar-refractivity contribution in [1.82, 2.24) is 5.48 Å². The van der Waals surface area contributed by atoms with Crippen LogP contribution in [-0.4, -0.2) is 7.05 Å². The maximum Gasteiger partial charge on any atom is 0.0629 e. The number of allylic oxidation sites excluding steroid dienone is 1. The molecule has 13 heavy (non-hydrogen) atoms. The van der Waals surface area contributed by atoms with Crippen LogP contribution in [0, 0.1) is 0 Å². The summed E-state index contributed by atoms with van der Waals surface area (Å²) in [6.45, 7) is 1.99. The van der Waals surface area contributed by atoms with Crippen molar-refractivity contribution in [2.75, 3.05) is 12.5 Å². The molecule has 0 aliphatic carbocycles. The van der Waals surface area contributed by atoms with Gasteiger partial charge in [-0.05, 0) is 24.6 Å². The fourth-order valence-corrected chi connectivity index (χ4v) is 1.01. The third-order valence-electron chi connectivity index (χ3n) is 1.52. The third kappa shape index (κ3) is 3.27. The molecule has 0 amide bonds. The van der Waals surface area contributed by atoms with E-state index >= 15 is 0 Å². The summed E-state index contributed by atoms with van der Waals surface area (Å²) in [6, 6.07) is 7.93. The van der Waals surface area contributed by atoms with Crippen molar-refractivity contribution in [3.8, 4) is 0 Å². The second-order valence-corrected chi connectivity index (χ2v) is 2.53. The van der Waals surface area contributed by atoms with Crippen LogP contribution in [0.2, 0.25) is 0 Å². The van der Waals surface area contributed by atoms with Crippen LogP contribution in [0.1, 0.15) is 12.5 Å². The van der Waals surface area contributed by atoms with Crippen molar-refractivity contribution in [3.05, 3.63) is 35.9 Å². The largest absolute Gasteiger partial charge is 0.248 e. The second-order valence-electron chi connectivity index (χ2n) is 2.53. The highest BCUT2D eigenvalue weighted by Gasteiger charge is 1.91. The first-order valence-corrected chi connectivity index (χ1v) is 4.18. The maximum atomic E-state index is 4.83. The van der Waals surface area contributed by atoms with Gasteiger partial charge in [-0.25, -0.2) is 5.48 Å². The summed E-state index contributed by atoms with van der Waals surface area (Å²) in [5, 5.41) is 0. The molecule has 0 radical (unpaired) electrons. The molecule has 2 N–H and O–H groups in total. The lowest BCUT2D eigenvalue weighted by atomic mass is 10.2. The van der Waals surface area contributed by atoms with E-state index in [-0.39, 0.29) is 0 Å². The first-order valence-electron chi connectivity index (χ1n) is 4.18. The van der Waals surface area contributed by atoms with E-state index in [0.717, 1.165) is 11.3 Å². The van der Waals surface area contributed by atoms with Gasteiger partial charge in [0.05, 0.1) is 5.69 Å². The Morgan fingerprint density at radius 1 is 1.38 bits per heavy atom. The van der Waals surface area contributed by atoms with Crippen LogP contribution in [0.25, 0.3) is 6.08 Å². The minimum atomic E-state index is 0.921. The summed E-state index contributed by atoms with van der Waals surface area (Å²) in [6.07, 6.45) is 4.03. The van der Waals surface area contributed by atoms with E-state index in [9.17, 15) is 0 Å². The summed E-state index contributed by atoms with van der Waals surface area (Å²) in [7, 11) is 1.70. The number of hydrogen-bond donors (Lipinski definition) is 2. The average molecular weight is 178 g/mol. The van der Waals surface area contributed by atoms with Gasteiger partial charge in [-0.15, -0.1) is 0 Å². The number of rotatable bonds is 4. The predicted molar refractivity (Wildman–Crippen MR) is 54.9 cm³/mol. The summed E-state index contributed by atoms with van der Waals surface area (Å²) >= 11 is 0. The van der Waals surface area contributed by atoms with E-state index in [4.69, 9.17) is 4.94 Å². The topological polar surface area (TPSA) is 33.3 Å².